The minimum Gasteiger partial charge on any atom is -0.493 e. The number of ether oxygens (including phenoxy) is 2. The van der Waals surface area contributed by atoms with Gasteiger partial charge in [-0.05, 0) is 35.2 Å². The zero-order chi connectivity index (χ0) is 18.9. The summed E-state index contributed by atoms with van der Waals surface area (Å²) in [6.07, 6.45) is -4.62. The van der Waals surface area contributed by atoms with Gasteiger partial charge in [0, 0.05) is 6.54 Å². The van der Waals surface area contributed by atoms with Crippen molar-refractivity contribution in [1.29, 1.82) is 0 Å². The predicted molar refractivity (Wildman–Crippen MR) is 89.3 cm³/mol. The fourth-order valence-corrected chi connectivity index (χ4v) is 3.32. The summed E-state index contributed by atoms with van der Waals surface area (Å²) >= 11 is 0. The van der Waals surface area contributed by atoms with Gasteiger partial charge in [0.2, 0.25) is 0 Å². The van der Waals surface area contributed by atoms with Crippen LogP contribution in [0.3, 0.4) is 0 Å². The number of halogens is 3. The van der Waals surface area contributed by atoms with Crippen molar-refractivity contribution < 1.29 is 27.4 Å². The molecule has 1 aliphatic heterocycles. The van der Waals surface area contributed by atoms with Crippen LogP contribution in [0.4, 0.5) is 13.2 Å². The summed E-state index contributed by atoms with van der Waals surface area (Å²) in [5.74, 6) is -0.922. The summed E-state index contributed by atoms with van der Waals surface area (Å²) < 4.78 is 50.0. The van der Waals surface area contributed by atoms with Crippen LogP contribution in [0.1, 0.15) is 22.7 Å². The molecule has 0 bridgehead atoms. The Morgan fingerprint density at radius 1 is 1.08 bits per heavy atom. The quantitative estimate of drug-likeness (QED) is 0.832. The number of benzene rings is 2. The number of amides is 1. The molecule has 0 saturated carbocycles. The lowest BCUT2D eigenvalue weighted by molar-refractivity contribution is -0.187. The van der Waals surface area contributed by atoms with Gasteiger partial charge in [-0.2, -0.15) is 13.2 Å². The molecule has 1 heterocycles. The summed E-state index contributed by atoms with van der Waals surface area (Å²) in [6, 6.07) is 11.3. The Bertz CT molecular complexity index is 806. The third-order valence-electron chi connectivity index (χ3n) is 4.49. The van der Waals surface area contributed by atoms with Crippen molar-refractivity contribution in [3.05, 3.63) is 59.2 Å². The highest BCUT2D eigenvalue weighted by Gasteiger charge is 2.46. The average molecular weight is 365 g/mol. The Balaban J connectivity index is 2.17. The zero-order valence-electron chi connectivity index (χ0n) is 14.3. The maximum atomic E-state index is 13.1. The van der Waals surface area contributed by atoms with E-state index in [-0.39, 0.29) is 6.54 Å². The molecule has 2 aromatic rings. The monoisotopic (exact) mass is 365 g/mol. The standard InChI is InChI=1S/C19H18F3NO3/c1-25-15-10-13-8-9-23(18(24)19(20,21)22)17(12-6-4-3-5-7-12)14(13)11-16(15)26-2/h3-7,10-11,17H,8-9H2,1-2H3. The molecule has 7 heteroatoms. The zero-order valence-corrected chi connectivity index (χ0v) is 14.3. The lowest BCUT2D eigenvalue weighted by Crippen LogP contribution is -2.46. The Labute approximate surface area is 149 Å². The second kappa shape index (κ2) is 6.90. The fourth-order valence-electron chi connectivity index (χ4n) is 3.32. The first-order valence-electron chi connectivity index (χ1n) is 8.04. The molecule has 0 aromatic heterocycles. The summed E-state index contributed by atoms with van der Waals surface area (Å²) in [4.78, 5) is 12.9. The molecule has 1 aliphatic rings. The van der Waals surface area contributed by atoms with E-state index in [1.54, 1.807) is 42.5 Å². The summed E-state index contributed by atoms with van der Waals surface area (Å²) in [5.41, 5.74) is 2.05. The van der Waals surface area contributed by atoms with Crippen LogP contribution >= 0.6 is 0 Å². The third-order valence-corrected chi connectivity index (χ3v) is 4.49. The van der Waals surface area contributed by atoms with Gasteiger partial charge >= 0.3 is 12.1 Å². The van der Waals surface area contributed by atoms with Crippen LogP contribution in [-0.2, 0) is 11.2 Å². The van der Waals surface area contributed by atoms with Crippen molar-refractivity contribution in [3.8, 4) is 11.5 Å². The maximum Gasteiger partial charge on any atom is 0.471 e. The van der Waals surface area contributed by atoms with E-state index >= 15 is 0 Å². The molecule has 0 N–H and O–H groups in total. The molecule has 1 unspecified atom stereocenters. The largest absolute Gasteiger partial charge is 0.493 e. The second-order valence-electron chi connectivity index (χ2n) is 5.97. The van der Waals surface area contributed by atoms with E-state index in [1.165, 1.54) is 14.2 Å². The molecule has 2 aromatic carbocycles. The highest BCUT2D eigenvalue weighted by atomic mass is 19.4. The SMILES string of the molecule is COc1cc2c(cc1OC)C(c1ccccc1)N(C(=O)C(F)(F)F)CC2. The predicted octanol–water partition coefficient (Wildman–Crippen LogP) is 3.74. The maximum absolute atomic E-state index is 13.1. The normalized spacial score (nSPS) is 16.8. The molecule has 138 valence electrons. The van der Waals surface area contributed by atoms with Gasteiger partial charge in [-0.3, -0.25) is 4.79 Å². The topological polar surface area (TPSA) is 38.8 Å². The van der Waals surface area contributed by atoms with Crippen LogP contribution in [0.2, 0.25) is 0 Å². The van der Waals surface area contributed by atoms with Crippen molar-refractivity contribution in [1.82, 2.24) is 4.90 Å². The first kappa shape index (κ1) is 18.1. The minimum absolute atomic E-state index is 0.0274. The number of rotatable bonds is 3. The number of alkyl halides is 3. The Morgan fingerprint density at radius 3 is 2.27 bits per heavy atom. The van der Waals surface area contributed by atoms with Crippen molar-refractivity contribution in [3.63, 3.8) is 0 Å². The van der Waals surface area contributed by atoms with E-state index in [1.807, 2.05) is 0 Å². The molecule has 3 rings (SSSR count). The first-order chi connectivity index (χ1) is 12.4. The van der Waals surface area contributed by atoms with Gasteiger partial charge in [-0.15, -0.1) is 0 Å². The van der Waals surface area contributed by atoms with Gasteiger partial charge < -0.3 is 14.4 Å². The first-order valence-corrected chi connectivity index (χ1v) is 8.04. The minimum atomic E-state index is -4.93. The van der Waals surface area contributed by atoms with Crippen molar-refractivity contribution in [2.45, 2.75) is 18.6 Å². The van der Waals surface area contributed by atoms with Crippen LogP contribution in [0.15, 0.2) is 42.5 Å². The molecule has 26 heavy (non-hydrogen) atoms. The van der Waals surface area contributed by atoms with E-state index in [0.717, 1.165) is 10.5 Å². The number of methoxy groups -OCH3 is 2. The Kier molecular flexibility index (Phi) is 4.80. The Hall–Kier alpha value is -2.70. The summed E-state index contributed by atoms with van der Waals surface area (Å²) in [6.45, 7) is -0.0274. The van der Waals surface area contributed by atoms with E-state index < -0.39 is 18.1 Å². The summed E-state index contributed by atoms with van der Waals surface area (Å²) in [7, 11) is 2.96. The highest BCUT2D eigenvalue weighted by molar-refractivity contribution is 5.83. The molecule has 0 aliphatic carbocycles. The Morgan fingerprint density at radius 2 is 1.69 bits per heavy atom. The number of carbonyl (C=O) groups excluding carboxylic acids is 1. The molecular weight excluding hydrogens is 347 g/mol. The van der Waals surface area contributed by atoms with Gasteiger partial charge in [0.15, 0.2) is 11.5 Å². The average Bonchev–Trinajstić information content (AvgIpc) is 2.65. The molecular formula is C19H18F3NO3. The highest BCUT2D eigenvalue weighted by Crippen LogP contribution is 2.42. The number of carbonyl (C=O) groups is 1. The second-order valence-corrected chi connectivity index (χ2v) is 5.97. The molecule has 0 radical (unpaired) electrons. The van der Waals surface area contributed by atoms with Crippen molar-refractivity contribution in [2.75, 3.05) is 20.8 Å². The van der Waals surface area contributed by atoms with Crippen molar-refractivity contribution >= 4 is 5.91 Å². The number of fused-ring (bicyclic) bond motifs is 1. The molecule has 0 saturated heterocycles. The van der Waals surface area contributed by atoms with Crippen LogP contribution in [0, 0.1) is 0 Å². The number of hydrogen-bond acceptors (Lipinski definition) is 3. The third kappa shape index (κ3) is 3.21. The lowest BCUT2D eigenvalue weighted by atomic mass is 9.87. The molecule has 0 spiro atoms. The van der Waals surface area contributed by atoms with Crippen LogP contribution in [0.5, 0.6) is 11.5 Å². The molecule has 1 atom stereocenters. The number of hydrogen-bond donors (Lipinski definition) is 0. The summed E-state index contributed by atoms with van der Waals surface area (Å²) in [5, 5.41) is 0. The van der Waals surface area contributed by atoms with Crippen LogP contribution in [0.25, 0.3) is 0 Å². The van der Waals surface area contributed by atoms with Gasteiger partial charge in [0.25, 0.3) is 0 Å². The van der Waals surface area contributed by atoms with Crippen molar-refractivity contribution in [2.24, 2.45) is 0 Å². The molecule has 0 fully saturated rings. The smallest absolute Gasteiger partial charge is 0.471 e. The van der Waals surface area contributed by atoms with E-state index in [0.29, 0.717) is 29.0 Å². The van der Waals surface area contributed by atoms with E-state index in [9.17, 15) is 18.0 Å². The van der Waals surface area contributed by atoms with E-state index in [2.05, 4.69) is 0 Å². The van der Waals surface area contributed by atoms with Crippen LogP contribution in [-0.4, -0.2) is 37.7 Å². The van der Waals surface area contributed by atoms with Gasteiger partial charge in [-0.25, -0.2) is 0 Å². The van der Waals surface area contributed by atoms with Gasteiger partial charge in [-0.1, -0.05) is 30.3 Å². The fraction of sp³-hybridized carbons (Fsp3) is 0.316. The molecule has 4 nitrogen and oxygen atoms in total. The number of nitrogens with zero attached hydrogens (tertiary/aromatic N) is 1. The van der Waals surface area contributed by atoms with E-state index in [4.69, 9.17) is 9.47 Å². The van der Waals surface area contributed by atoms with Gasteiger partial charge in [0.1, 0.15) is 0 Å². The molecule has 1 amide bonds. The lowest BCUT2D eigenvalue weighted by Gasteiger charge is -2.38. The van der Waals surface area contributed by atoms with Crippen LogP contribution < -0.4 is 9.47 Å². The van der Waals surface area contributed by atoms with Gasteiger partial charge in [0.05, 0.1) is 20.3 Å².